The summed E-state index contributed by atoms with van der Waals surface area (Å²) in [6.45, 7) is 7.50. The van der Waals surface area contributed by atoms with Crippen molar-refractivity contribution in [2.45, 2.75) is 76.5 Å². The number of rotatable bonds is 8. The van der Waals surface area contributed by atoms with Gasteiger partial charge in [0.15, 0.2) is 0 Å². The third-order valence-corrected chi connectivity index (χ3v) is 4.96. The van der Waals surface area contributed by atoms with E-state index in [9.17, 15) is 0 Å². The Kier molecular flexibility index (Phi) is 5.98. The minimum Gasteiger partial charge on any atom is -0.492 e. The maximum atomic E-state index is 6.60. The van der Waals surface area contributed by atoms with Gasteiger partial charge in [-0.25, -0.2) is 0 Å². The Morgan fingerprint density at radius 1 is 1.14 bits per heavy atom. The van der Waals surface area contributed by atoms with Crippen LogP contribution >= 0.6 is 11.6 Å². The number of fused-ring (bicyclic) bond motifs is 1. The summed E-state index contributed by atoms with van der Waals surface area (Å²) in [7, 11) is 0. The molecule has 1 aliphatic rings. The molecule has 1 atom stereocenters. The van der Waals surface area contributed by atoms with Crippen LogP contribution in [0.2, 0.25) is 0 Å². The fraction of sp³-hybridized carbons (Fsp3) is 0.684. The number of hydrogen-bond donors (Lipinski definition) is 0. The zero-order valence-corrected chi connectivity index (χ0v) is 14.5. The predicted molar refractivity (Wildman–Crippen MR) is 91.6 cm³/mol. The molecule has 0 saturated heterocycles. The maximum absolute atomic E-state index is 6.60. The molecule has 2 rings (SSSR count). The van der Waals surface area contributed by atoms with Crippen molar-refractivity contribution in [3.63, 3.8) is 0 Å². The average molecular weight is 309 g/mol. The first-order valence-electron chi connectivity index (χ1n) is 8.46. The fourth-order valence-electron chi connectivity index (χ4n) is 3.00. The van der Waals surface area contributed by atoms with E-state index in [0.717, 1.165) is 18.8 Å². The van der Waals surface area contributed by atoms with Gasteiger partial charge < -0.3 is 4.74 Å². The first-order valence-corrected chi connectivity index (χ1v) is 8.89. The van der Waals surface area contributed by atoms with Crippen LogP contribution in [0.1, 0.15) is 82.2 Å². The first kappa shape index (κ1) is 16.7. The monoisotopic (exact) mass is 308 g/mol. The van der Waals surface area contributed by atoms with E-state index in [0.29, 0.717) is 0 Å². The van der Waals surface area contributed by atoms with Crippen molar-refractivity contribution >= 4 is 11.6 Å². The Morgan fingerprint density at radius 3 is 2.62 bits per heavy atom. The van der Waals surface area contributed by atoms with Crippen molar-refractivity contribution in [3.8, 4) is 5.75 Å². The molecule has 0 spiro atoms. The third-order valence-electron chi connectivity index (χ3n) is 4.49. The lowest BCUT2D eigenvalue weighted by Gasteiger charge is -2.17. The Hall–Kier alpha value is -0.690. The molecular formula is C19H29ClO. The molecule has 0 saturated carbocycles. The SMILES string of the molecule is CCCCCCCCC(Cl)c1ccc2c(c1)C(C)(C)CO2. The summed E-state index contributed by atoms with van der Waals surface area (Å²) in [4.78, 5) is 0. The lowest BCUT2D eigenvalue weighted by molar-refractivity contribution is 0.291. The minimum atomic E-state index is 0.113. The molecule has 1 aromatic carbocycles. The van der Waals surface area contributed by atoms with E-state index in [1.54, 1.807) is 0 Å². The second kappa shape index (κ2) is 7.54. The number of benzene rings is 1. The van der Waals surface area contributed by atoms with Crippen molar-refractivity contribution in [3.05, 3.63) is 29.3 Å². The molecule has 2 heteroatoms. The third kappa shape index (κ3) is 4.39. The summed E-state index contributed by atoms with van der Waals surface area (Å²) >= 11 is 6.60. The van der Waals surface area contributed by atoms with Crippen LogP contribution < -0.4 is 4.74 Å². The topological polar surface area (TPSA) is 9.23 Å². The van der Waals surface area contributed by atoms with Crippen LogP contribution in [0, 0.1) is 0 Å². The molecule has 0 aromatic heterocycles. The quantitative estimate of drug-likeness (QED) is 0.399. The van der Waals surface area contributed by atoms with E-state index in [2.05, 4.69) is 39.0 Å². The highest BCUT2D eigenvalue weighted by Crippen LogP contribution is 2.40. The van der Waals surface area contributed by atoms with Crippen molar-refractivity contribution in [1.29, 1.82) is 0 Å². The molecule has 1 aromatic rings. The minimum absolute atomic E-state index is 0.113. The fourth-order valence-corrected chi connectivity index (χ4v) is 3.29. The molecular weight excluding hydrogens is 280 g/mol. The highest BCUT2D eigenvalue weighted by Gasteiger charge is 2.32. The molecule has 1 nitrogen and oxygen atoms in total. The molecule has 118 valence electrons. The molecule has 0 aliphatic carbocycles. The van der Waals surface area contributed by atoms with Crippen LogP contribution in [0.5, 0.6) is 5.75 Å². The van der Waals surface area contributed by atoms with E-state index < -0.39 is 0 Å². The van der Waals surface area contributed by atoms with Gasteiger partial charge in [0.1, 0.15) is 5.75 Å². The highest BCUT2D eigenvalue weighted by atomic mass is 35.5. The van der Waals surface area contributed by atoms with Crippen LogP contribution in [-0.4, -0.2) is 6.61 Å². The van der Waals surface area contributed by atoms with Gasteiger partial charge in [-0.2, -0.15) is 0 Å². The number of unbranched alkanes of at least 4 members (excludes halogenated alkanes) is 5. The first-order chi connectivity index (χ1) is 10.0. The normalized spacial score (nSPS) is 17.3. The molecule has 0 radical (unpaired) electrons. The molecule has 0 bridgehead atoms. The van der Waals surface area contributed by atoms with Gasteiger partial charge >= 0.3 is 0 Å². The number of hydrogen-bond acceptors (Lipinski definition) is 1. The summed E-state index contributed by atoms with van der Waals surface area (Å²) < 4.78 is 5.74. The predicted octanol–water partition coefficient (Wildman–Crippen LogP) is 6.39. The largest absolute Gasteiger partial charge is 0.492 e. The molecule has 0 fully saturated rings. The summed E-state index contributed by atoms with van der Waals surface area (Å²) in [5, 5.41) is 0.137. The zero-order valence-electron chi connectivity index (χ0n) is 13.8. The highest BCUT2D eigenvalue weighted by molar-refractivity contribution is 6.20. The van der Waals surface area contributed by atoms with E-state index in [1.807, 2.05) is 0 Å². The van der Waals surface area contributed by atoms with Crippen LogP contribution in [0.15, 0.2) is 18.2 Å². The molecule has 0 amide bonds. The van der Waals surface area contributed by atoms with E-state index in [4.69, 9.17) is 16.3 Å². The van der Waals surface area contributed by atoms with Gasteiger partial charge in [-0.05, 0) is 24.1 Å². The van der Waals surface area contributed by atoms with Gasteiger partial charge in [-0.1, -0.05) is 65.4 Å². The van der Waals surface area contributed by atoms with Crippen LogP contribution in [0.25, 0.3) is 0 Å². The lowest BCUT2D eigenvalue weighted by Crippen LogP contribution is -2.18. The van der Waals surface area contributed by atoms with Gasteiger partial charge in [0.05, 0.1) is 12.0 Å². The van der Waals surface area contributed by atoms with Gasteiger partial charge in [0, 0.05) is 11.0 Å². The van der Waals surface area contributed by atoms with Crippen molar-refractivity contribution in [1.82, 2.24) is 0 Å². The summed E-state index contributed by atoms with van der Waals surface area (Å²) in [5.74, 6) is 1.03. The van der Waals surface area contributed by atoms with Crippen LogP contribution in [-0.2, 0) is 5.41 Å². The second-order valence-corrected chi connectivity index (χ2v) is 7.48. The standard InChI is InChI=1S/C19H29ClO/c1-4-5-6-7-8-9-10-17(20)15-11-12-18-16(13-15)19(2,3)14-21-18/h11-13,17H,4-10,14H2,1-3H3. The van der Waals surface area contributed by atoms with Gasteiger partial charge in [-0.15, -0.1) is 11.6 Å². The smallest absolute Gasteiger partial charge is 0.123 e. The second-order valence-electron chi connectivity index (χ2n) is 6.95. The zero-order chi connectivity index (χ0) is 15.3. The molecule has 1 heterocycles. The summed E-state index contributed by atoms with van der Waals surface area (Å²) in [6, 6.07) is 6.49. The van der Waals surface area contributed by atoms with E-state index >= 15 is 0 Å². The van der Waals surface area contributed by atoms with Crippen LogP contribution in [0.3, 0.4) is 0 Å². The Balaban J connectivity index is 1.85. The molecule has 0 N–H and O–H groups in total. The van der Waals surface area contributed by atoms with Gasteiger partial charge in [0.2, 0.25) is 0 Å². The maximum Gasteiger partial charge on any atom is 0.123 e. The Morgan fingerprint density at radius 2 is 1.86 bits per heavy atom. The van der Waals surface area contributed by atoms with Crippen LogP contribution in [0.4, 0.5) is 0 Å². The number of alkyl halides is 1. The molecule has 21 heavy (non-hydrogen) atoms. The summed E-state index contributed by atoms with van der Waals surface area (Å²) in [6.07, 6.45) is 9.01. The number of halogens is 1. The lowest BCUT2D eigenvalue weighted by atomic mass is 9.85. The van der Waals surface area contributed by atoms with Crippen molar-refractivity contribution < 1.29 is 4.74 Å². The van der Waals surface area contributed by atoms with E-state index in [-0.39, 0.29) is 10.8 Å². The summed E-state index contributed by atoms with van der Waals surface area (Å²) in [5.41, 5.74) is 2.68. The average Bonchev–Trinajstić information content (AvgIpc) is 2.78. The van der Waals surface area contributed by atoms with E-state index in [1.165, 1.54) is 49.7 Å². The van der Waals surface area contributed by atoms with Gasteiger partial charge in [-0.3, -0.25) is 0 Å². The number of ether oxygens (including phenoxy) is 1. The van der Waals surface area contributed by atoms with Gasteiger partial charge in [0.25, 0.3) is 0 Å². The molecule has 1 aliphatic heterocycles. The molecule has 1 unspecified atom stereocenters. The van der Waals surface area contributed by atoms with Crippen molar-refractivity contribution in [2.75, 3.05) is 6.61 Å². The Bertz CT molecular complexity index is 453. The Labute approximate surface area is 135 Å². The van der Waals surface area contributed by atoms with Crippen molar-refractivity contribution in [2.24, 2.45) is 0 Å².